The predicted molar refractivity (Wildman–Crippen MR) is 57.0 cm³/mol. The first-order chi connectivity index (χ1) is 6.72. The summed E-state index contributed by atoms with van der Waals surface area (Å²) in [6, 6.07) is 0. The summed E-state index contributed by atoms with van der Waals surface area (Å²) < 4.78 is 7.14. The maximum atomic E-state index is 11.1. The Balaban J connectivity index is 2.57. The van der Waals surface area contributed by atoms with Gasteiger partial charge in [0.25, 0.3) is 0 Å². The Hall–Kier alpha value is -1.18. The third-order valence-corrected chi connectivity index (χ3v) is 2.58. The second-order valence-electron chi connectivity index (χ2n) is 2.59. The van der Waals surface area contributed by atoms with Crippen LogP contribution in [0.4, 0.5) is 0 Å². The summed E-state index contributed by atoms with van der Waals surface area (Å²) in [4.78, 5) is 15.1. The SMILES string of the molecule is COC(=O)c1cn2ncc(I)c2cn1. The fraction of sp³-hybridized carbons (Fsp3) is 0.125. The average molecular weight is 303 g/mol. The Bertz CT molecular complexity index is 494. The van der Waals surface area contributed by atoms with Crippen molar-refractivity contribution >= 4 is 34.1 Å². The van der Waals surface area contributed by atoms with Crippen LogP contribution in [0, 0.1) is 3.57 Å². The number of fused-ring (bicyclic) bond motifs is 1. The van der Waals surface area contributed by atoms with E-state index in [0.717, 1.165) is 9.09 Å². The molecule has 2 aromatic rings. The van der Waals surface area contributed by atoms with E-state index in [1.165, 1.54) is 7.11 Å². The van der Waals surface area contributed by atoms with E-state index in [1.807, 2.05) is 0 Å². The van der Waals surface area contributed by atoms with Crippen molar-refractivity contribution in [3.63, 3.8) is 0 Å². The van der Waals surface area contributed by atoms with Gasteiger partial charge in [0.1, 0.15) is 0 Å². The van der Waals surface area contributed by atoms with Crippen LogP contribution in [0.25, 0.3) is 5.52 Å². The van der Waals surface area contributed by atoms with Crippen molar-refractivity contribution in [1.82, 2.24) is 14.6 Å². The molecule has 2 aromatic heterocycles. The van der Waals surface area contributed by atoms with Crippen LogP contribution in [0.5, 0.6) is 0 Å². The first-order valence-electron chi connectivity index (χ1n) is 3.79. The quantitative estimate of drug-likeness (QED) is 0.585. The van der Waals surface area contributed by atoms with Gasteiger partial charge in [-0.25, -0.2) is 14.3 Å². The Kier molecular flexibility index (Phi) is 2.36. The molecule has 2 heterocycles. The van der Waals surface area contributed by atoms with E-state index in [0.29, 0.717) is 0 Å². The summed E-state index contributed by atoms with van der Waals surface area (Å²) in [5, 5.41) is 4.06. The molecule has 5 nitrogen and oxygen atoms in total. The summed E-state index contributed by atoms with van der Waals surface area (Å²) in [5.74, 6) is -0.461. The number of carbonyl (C=O) groups excluding carboxylic acids is 1. The third kappa shape index (κ3) is 1.45. The van der Waals surface area contributed by atoms with Crippen LogP contribution in [-0.2, 0) is 4.74 Å². The van der Waals surface area contributed by atoms with Gasteiger partial charge in [0, 0.05) is 0 Å². The fourth-order valence-electron chi connectivity index (χ4n) is 1.06. The largest absolute Gasteiger partial charge is 0.464 e. The average Bonchev–Trinajstić information content (AvgIpc) is 2.59. The molecule has 0 amide bonds. The molecule has 0 spiro atoms. The number of hydrogen-bond donors (Lipinski definition) is 0. The van der Waals surface area contributed by atoms with Crippen LogP contribution in [0.15, 0.2) is 18.6 Å². The predicted octanol–water partition coefficient (Wildman–Crippen LogP) is 1.12. The Morgan fingerprint density at radius 2 is 2.36 bits per heavy atom. The van der Waals surface area contributed by atoms with Crippen molar-refractivity contribution in [2.75, 3.05) is 7.11 Å². The minimum Gasteiger partial charge on any atom is -0.464 e. The molecule has 0 radical (unpaired) electrons. The highest BCUT2D eigenvalue weighted by Gasteiger charge is 2.09. The van der Waals surface area contributed by atoms with Gasteiger partial charge >= 0.3 is 5.97 Å². The molecule has 2 rings (SSSR count). The molecule has 72 valence electrons. The standard InChI is InChI=1S/C8H6IN3O2/c1-14-8(13)6-4-12-7(3-10-6)5(9)2-11-12/h2-4H,1H3. The van der Waals surface area contributed by atoms with Crippen LogP contribution in [0.2, 0.25) is 0 Å². The maximum absolute atomic E-state index is 11.1. The first-order valence-corrected chi connectivity index (χ1v) is 4.87. The third-order valence-electron chi connectivity index (χ3n) is 1.75. The fourth-order valence-corrected chi connectivity index (χ4v) is 1.58. The van der Waals surface area contributed by atoms with Gasteiger partial charge in [0.05, 0.1) is 34.8 Å². The summed E-state index contributed by atoms with van der Waals surface area (Å²) in [6.07, 6.45) is 4.85. The molecular weight excluding hydrogens is 297 g/mol. The highest BCUT2D eigenvalue weighted by Crippen LogP contribution is 2.12. The lowest BCUT2D eigenvalue weighted by Gasteiger charge is -1.98. The second kappa shape index (κ2) is 3.52. The molecule has 6 heteroatoms. The zero-order valence-electron chi connectivity index (χ0n) is 7.27. The van der Waals surface area contributed by atoms with Gasteiger partial charge in [-0.3, -0.25) is 0 Å². The van der Waals surface area contributed by atoms with E-state index in [-0.39, 0.29) is 5.69 Å². The molecule has 0 N–H and O–H groups in total. The topological polar surface area (TPSA) is 56.5 Å². The Morgan fingerprint density at radius 1 is 1.57 bits per heavy atom. The maximum Gasteiger partial charge on any atom is 0.358 e. The van der Waals surface area contributed by atoms with Gasteiger partial charge in [0.2, 0.25) is 0 Å². The smallest absolute Gasteiger partial charge is 0.358 e. The highest BCUT2D eigenvalue weighted by atomic mass is 127. The molecule has 0 atom stereocenters. The number of ether oxygens (including phenoxy) is 1. The van der Waals surface area contributed by atoms with Crippen LogP contribution < -0.4 is 0 Å². The number of methoxy groups -OCH3 is 1. The highest BCUT2D eigenvalue weighted by molar-refractivity contribution is 14.1. The molecule has 0 bridgehead atoms. The zero-order chi connectivity index (χ0) is 10.1. The van der Waals surface area contributed by atoms with E-state index < -0.39 is 5.97 Å². The van der Waals surface area contributed by atoms with Crippen molar-refractivity contribution < 1.29 is 9.53 Å². The number of aromatic nitrogens is 3. The van der Waals surface area contributed by atoms with Gasteiger partial charge < -0.3 is 4.74 Å². The van der Waals surface area contributed by atoms with Gasteiger partial charge in [-0.15, -0.1) is 0 Å². The normalized spacial score (nSPS) is 10.4. The Morgan fingerprint density at radius 3 is 3.07 bits per heavy atom. The molecule has 0 saturated carbocycles. The lowest BCUT2D eigenvalue weighted by Crippen LogP contribution is -2.06. The molecule has 0 aromatic carbocycles. The van der Waals surface area contributed by atoms with Gasteiger partial charge in [0.15, 0.2) is 5.69 Å². The van der Waals surface area contributed by atoms with E-state index in [1.54, 1.807) is 23.1 Å². The van der Waals surface area contributed by atoms with E-state index in [4.69, 9.17) is 0 Å². The Labute approximate surface area is 93.2 Å². The van der Waals surface area contributed by atoms with Crippen LogP contribution >= 0.6 is 22.6 Å². The summed E-state index contributed by atoms with van der Waals surface area (Å²) >= 11 is 2.15. The van der Waals surface area contributed by atoms with Crippen molar-refractivity contribution in [3.05, 3.63) is 27.9 Å². The minimum atomic E-state index is -0.461. The minimum absolute atomic E-state index is 0.250. The molecule has 0 fully saturated rings. The van der Waals surface area contributed by atoms with Crippen LogP contribution in [-0.4, -0.2) is 27.7 Å². The van der Waals surface area contributed by atoms with Crippen molar-refractivity contribution in [2.24, 2.45) is 0 Å². The van der Waals surface area contributed by atoms with Gasteiger partial charge in [-0.1, -0.05) is 0 Å². The van der Waals surface area contributed by atoms with Gasteiger partial charge in [-0.05, 0) is 22.6 Å². The molecule has 14 heavy (non-hydrogen) atoms. The van der Waals surface area contributed by atoms with Crippen LogP contribution in [0.1, 0.15) is 10.5 Å². The molecule has 0 aliphatic carbocycles. The van der Waals surface area contributed by atoms with Crippen molar-refractivity contribution in [2.45, 2.75) is 0 Å². The van der Waals surface area contributed by atoms with Crippen molar-refractivity contribution in [1.29, 1.82) is 0 Å². The molecular formula is C8H6IN3O2. The number of nitrogens with zero attached hydrogens (tertiary/aromatic N) is 3. The van der Waals surface area contributed by atoms with E-state index in [2.05, 4.69) is 37.4 Å². The lowest BCUT2D eigenvalue weighted by atomic mass is 10.4. The second-order valence-corrected chi connectivity index (χ2v) is 3.75. The van der Waals surface area contributed by atoms with Crippen molar-refractivity contribution in [3.8, 4) is 0 Å². The van der Waals surface area contributed by atoms with Gasteiger partial charge in [-0.2, -0.15) is 5.10 Å². The zero-order valence-corrected chi connectivity index (χ0v) is 9.43. The monoisotopic (exact) mass is 303 g/mol. The van der Waals surface area contributed by atoms with E-state index >= 15 is 0 Å². The first kappa shape index (κ1) is 9.38. The number of esters is 1. The summed E-state index contributed by atoms with van der Waals surface area (Å²) in [5.41, 5.74) is 1.12. The van der Waals surface area contributed by atoms with E-state index in [9.17, 15) is 4.79 Å². The number of hydrogen-bond acceptors (Lipinski definition) is 4. The number of carbonyl (C=O) groups is 1. The summed E-state index contributed by atoms with van der Waals surface area (Å²) in [6.45, 7) is 0. The van der Waals surface area contributed by atoms with Crippen LogP contribution in [0.3, 0.4) is 0 Å². The number of halogens is 1. The lowest BCUT2D eigenvalue weighted by molar-refractivity contribution is 0.0593. The number of rotatable bonds is 1. The molecule has 0 aliphatic rings. The molecule has 0 aliphatic heterocycles. The summed E-state index contributed by atoms with van der Waals surface area (Å²) in [7, 11) is 1.32. The molecule has 0 unspecified atom stereocenters. The molecule has 0 saturated heterocycles.